The van der Waals surface area contributed by atoms with Crippen LogP contribution in [-0.2, 0) is 4.74 Å². The van der Waals surface area contributed by atoms with Crippen LogP contribution >= 0.6 is 15.9 Å². The van der Waals surface area contributed by atoms with Gasteiger partial charge in [-0.25, -0.2) is 0 Å². The number of anilines is 2. The highest BCUT2D eigenvalue weighted by Gasteiger charge is 2.27. The lowest BCUT2D eigenvalue weighted by Gasteiger charge is -2.35. The fourth-order valence-electron chi connectivity index (χ4n) is 2.01. The normalized spacial score (nSPS) is 25.4. The summed E-state index contributed by atoms with van der Waals surface area (Å²) >= 11 is 3.40. The standard InChI is InChI=1S/C12H17BrN2O/c1-12(5-2-6-16-8-12)15-11-4-3-9(13)7-10(11)14/h3-4,7,15H,2,5-6,8,14H2,1H3. The van der Waals surface area contributed by atoms with Crippen molar-refractivity contribution in [3.05, 3.63) is 22.7 Å². The van der Waals surface area contributed by atoms with E-state index in [0.29, 0.717) is 0 Å². The molecule has 3 N–H and O–H groups in total. The molecule has 0 spiro atoms. The summed E-state index contributed by atoms with van der Waals surface area (Å²) in [5.41, 5.74) is 7.71. The third kappa shape index (κ3) is 2.68. The highest BCUT2D eigenvalue weighted by atomic mass is 79.9. The van der Waals surface area contributed by atoms with Crippen molar-refractivity contribution < 1.29 is 4.74 Å². The Bertz CT molecular complexity index is 375. The maximum absolute atomic E-state index is 5.96. The van der Waals surface area contributed by atoms with Crippen molar-refractivity contribution in [3.63, 3.8) is 0 Å². The fraction of sp³-hybridized carbons (Fsp3) is 0.500. The van der Waals surface area contributed by atoms with Gasteiger partial charge in [0.1, 0.15) is 0 Å². The number of nitrogens with two attached hydrogens (primary N) is 1. The van der Waals surface area contributed by atoms with E-state index in [0.717, 1.165) is 41.9 Å². The first-order valence-electron chi connectivity index (χ1n) is 5.50. The van der Waals surface area contributed by atoms with Crippen molar-refractivity contribution in [2.24, 2.45) is 0 Å². The van der Waals surface area contributed by atoms with Crippen LogP contribution in [0.2, 0.25) is 0 Å². The van der Waals surface area contributed by atoms with Gasteiger partial charge in [-0.2, -0.15) is 0 Å². The Hall–Kier alpha value is -0.740. The Labute approximate surface area is 104 Å². The van der Waals surface area contributed by atoms with Crippen molar-refractivity contribution >= 4 is 27.3 Å². The molecule has 1 heterocycles. The molecule has 3 nitrogen and oxygen atoms in total. The lowest BCUT2D eigenvalue weighted by Crippen LogP contribution is -2.43. The van der Waals surface area contributed by atoms with E-state index < -0.39 is 0 Å². The number of nitrogens with one attached hydrogen (secondary N) is 1. The first-order valence-corrected chi connectivity index (χ1v) is 6.29. The van der Waals surface area contributed by atoms with Gasteiger partial charge in [-0.05, 0) is 38.0 Å². The van der Waals surface area contributed by atoms with Gasteiger partial charge >= 0.3 is 0 Å². The molecular weight excluding hydrogens is 268 g/mol. The molecule has 1 aromatic rings. The molecule has 88 valence electrons. The summed E-state index contributed by atoms with van der Waals surface area (Å²) in [6, 6.07) is 5.90. The Morgan fingerprint density at radius 2 is 2.31 bits per heavy atom. The quantitative estimate of drug-likeness (QED) is 0.821. The molecule has 0 bridgehead atoms. The van der Waals surface area contributed by atoms with E-state index in [-0.39, 0.29) is 5.54 Å². The average Bonchev–Trinajstić information content (AvgIpc) is 2.23. The molecule has 0 radical (unpaired) electrons. The minimum Gasteiger partial charge on any atom is -0.397 e. The van der Waals surface area contributed by atoms with E-state index in [1.807, 2.05) is 18.2 Å². The molecule has 2 rings (SSSR count). The van der Waals surface area contributed by atoms with Gasteiger partial charge in [0.25, 0.3) is 0 Å². The number of hydrogen-bond donors (Lipinski definition) is 2. The maximum Gasteiger partial charge on any atom is 0.0693 e. The van der Waals surface area contributed by atoms with Gasteiger partial charge in [0.05, 0.1) is 23.5 Å². The van der Waals surface area contributed by atoms with Crippen LogP contribution in [0, 0.1) is 0 Å². The number of nitrogen functional groups attached to an aromatic ring is 1. The zero-order valence-corrected chi connectivity index (χ0v) is 11.0. The van der Waals surface area contributed by atoms with Gasteiger partial charge < -0.3 is 15.8 Å². The predicted octanol–water partition coefficient (Wildman–Crippen LogP) is 3.01. The topological polar surface area (TPSA) is 47.3 Å². The van der Waals surface area contributed by atoms with Crippen LogP contribution in [0.4, 0.5) is 11.4 Å². The molecular formula is C12H17BrN2O. The van der Waals surface area contributed by atoms with E-state index in [4.69, 9.17) is 10.5 Å². The molecule has 0 saturated carbocycles. The van der Waals surface area contributed by atoms with Gasteiger partial charge in [-0.15, -0.1) is 0 Å². The Morgan fingerprint density at radius 3 is 2.94 bits per heavy atom. The summed E-state index contributed by atoms with van der Waals surface area (Å²) in [6.45, 7) is 3.78. The van der Waals surface area contributed by atoms with Crippen LogP contribution in [-0.4, -0.2) is 18.8 Å². The van der Waals surface area contributed by atoms with Crippen LogP contribution in [0.5, 0.6) is 0 Å². The SMILES string of the molecule is CC1(Nc2ccc(Br)cc2N)CCCOC1. The minimum absolute atomic E-state index is 0.000198. The third-order valence-corrected chi connectivity index (χ3v) is 3.38. The first-order chi connectivity index (χ1) is 7.59. The predicted molar refractivity (Wildman–Crippen MR) is 70.6 cm³/mol. The van der Waals surface area contributed by atoms with Gasteiger partial charge in [0.2, 0.25) is 0 Å². The van der Waals surface area contributed by atoms with E-state index >= 15 is 0 Å². The number of hydrogen-bond acceptors (Lipinski definition) is 3. The second-order valence-corrected chi connectivity index (χ2v) is 5.49. The second-order valence-electron chi connectivity index (χ2n) is 4.57. The smallest absolute Gasteiger partial charge is 0.0693 e. The largest absolute Gasteiger partial charge is 0.397 e. The van der Waals surface area contributed by atoms with Gasteiger partial charge in [-0.3, -0.25) is 0 Å². The average molecular weight is 285 g/mol. The fourth-order valence-corrected chi connectivity index (χ4v) is 2.38. The molecule has 0 aliphatic carbocycles. The number of rotatable bonds is 2. The highest BCUT2D eigenvalue weighted by molar-refractivity contribution is 9.10. The van der Waals surface area contributed by atoms with Crippen molar-refractivity contribution in [2.45, 2.75) is 25.3 Å². The van der Waals surface area contributed by atoms with Crippen molar-refractivity contribution in [3.8, 4) is 0 Å². The van der Waals surface area contributed by atoms with Crippen LogP contribution in [0.1, 0.15) is 19.8 Å². The van der Waals surface area contributed by atoms with E-state index in [1.165, 1.54) is 0 Å². The maximum atomic E-state index is 5.96. The summed E-state index contributed by atoms with van der Waals surface area (Å²) < 4.78 is 6.51. The first kappa shape index (κ1) is 11.7. The second kappa shape index (κ2) is 4.63. The zero-order valence-electron chi connectivity index (χ0n) is 9.42. The van der Waals surface area contributed by atoms with Crippen molar-refractivity contribution in [1.29, 1.82) is 0 Å². The van der Waals surface area contributed by atoms with Gasteiger partial charge in [-0.1, -0.05) is 15.9 Å². The summed E-state index contributed by atoms with van der Waals surface area (Å²) in [7, 11) is 0. The molecule has 1 atom stereocenters. The Balaban J connectivity index is 2.13. The third-order valence-electron chi connectivity index (χ3n) is 2.89. The summed E-state index contributed by atoms with van der Waals surface area (Å²) in [5.74, 6) is 0. The molecule has 4 heteroatoms. The molecule has 1 aromatic carbocycles. The molecule has 1 fully saturated rings. The monoisotopic (exact) mass is 284 g/mol. The zero-order chi connectivity index (χ0) is 11.6. The molecule has 1 saturated heterocycles. The van der Waals surface area contributed by atoms with Gasteiger partial charge in [0, 0.05) is 11.1 Å². The number of halogens is 1. The van der Waals surface area contributed by atoms with Crippen LogP contribution in [0.25, 0.3) is 0 Å². The highest BCUT2D eigenvalue weighted by Crippen LogP contribution is 2.29. The number of ether oxygens (including phenoxy) is 1. The lowest BCUT2D eigenvalue weighted by molar-refractivity contribution is 0.0540. The van der Waals surface area contributed by atoms with Crippen molar-refractivity contribution in [1.82, 2.24) is 0 Å². The summed E-state index contributed by atoms with van der Waals surface area (Å²) in [4.78, 5) is 0. The van der Waals surface area contributed by atoms with E-state index in [2.05, 4.69) is 28.2 Å². The van der Waals surface area contributed by atoms with Crippen LogP contribution in [0.3, 0.4) is 0 Å². The Morgan fingerprint density at radius 1 is 1.50 bits per heavy atom. The number of benzene rings is 1. The summed E-state index contributed by atoms with van der Waals surface area (Å²) in [5, 5.41) is 3.48. The molecule has 16 heavy (non-hydrogen) atoms. The molecule has 0 aromatic heterocycles. The molecule has 0 amide bonds. The van der Waals surface area contributed by atoms with Gasteiger partial charge in [0.15, 0.2) is 0 Å². The van der Waals surface area contributed by atoms with Crippen LogP contribution < -0.4 is 11.1 Å². The van der Waals surface area contributed by atoms with E-state index in [1.54, 1.807) is 0 Å². The van der Waals surface area contributed by atoms with E-state index in [9.17, 15) is 0 Å². The van der Waals surface area contributed by atoms with Crippen LogP contribution in [0.15, 0.2) is 22.7 Å². The molecule has 1 aliphatic rings. The summed E-state index contributed by atoms with van der Waals surface area (Å²) in [6.07, 6.45) is 2.21. The van der Waals surface area contributed by atoms with Crippen molar-refractivity contribution in [2.75, 3.05) is 24.3 Å². The Kier molecular flexibility index (Phi) is 3.40. The minimum atomic E-state index is 0.000198. The molecule has 1 unspecified atom stereocenters. The lowest BCUT2D eigenvalue weighted by atomic mass is 9.94. The molecule has 1 aliphatic heterocycles.